The molecule has 6 heteroatoms. The SMILES string of the molecule is CSCC(=O)N1CC2(C[C@H](Oc3ccccn3)CS2)C1. The molecule has 108 valence electrons. The van der Waals surface area contributed by atoms with Gasteiger partial charge < -0.3 is 9.64 Å². The van der Waals surface area contributed by atoms with Crippen LogP contribution in [0.4, 0.5) is 0 Å². The molecule has 3 rings (SSSR count). The fraction of sp³-hybridized carbons (Fsp3) is 0.571. The molecule has 20 heavy (non-hydrogen) atoms. The molecule has 2 fully saturated rings. The minimum atomic E-state index is 0.215. The molecule has 1 aromatic heterocycles. The van der Waals surface area contributed by atoms with Gasteiger partial charge in [-0.15, -0.1) is 11.8 Å². The van der Waals surface area contributed by atoms with Crippen molar-refractivity contribution in [1.82, 2.24) is 9.88 Å². The number of nitrogens with zero attached hydrogens (tertiary/aromatic N) is 2. The normalized spacial score (nSPS) is 23.6. The second kappa shape index (κ2) is 5.85. The Morgan fingerprint density at radius 1 is 1.60 bits per heavy atom. The van der Waals surface area contributed by atoms with E-state index in [2.05, 4.69) is 4.98 Å². The van der Waals surface area contributed by atoms with E-state index in [4.69, 9.17) is 4.74 Å². The molecule has 0 aromatic carbocycles. The third kappa shape index (κ3) is 2.91. The van der Waals surface area contributed by atoms with Gasteiger partial charge in [0.1, 0.15) is 6.10 Å². The van der Waals surface area contributed by atoms with Gasteiger partial charge in [-0.1, -0.05) is 6.07 Å². The molecule has 1 aromatic rings. The summed E-state index contributed by atoms with van der Waals surface area (Å²) in [6, 6.07) is 5.72. The molecule has 0 bridgehead atoms. The van der Waals surface area contributed by atoms with Crippen molar-refractivity contribution in [1.29, 1.82) is 0 Å². The molecule has 0 N–H and O–H groups in total. The first-order valence-corrected chi connectivity index (χ1v) is 9.07. The first-order chi connectivity index (χ1) is 9.71. The predicted octanol–water partition coefficient (Wildman–Crippen LogP) is 1.91. The summed E-state index contributed by atoms with van der Waals surface area (Å²) in [6.07, 6.45) is 4.94. The Labute approximate surface area is 127 Å². The van der Waals surface area contributed by atoms with Crippen LogP contribution in [0.1, 0.15) is 6.42 Å². The third-order valence-corrected chi connectivity index (χ3v) is 5.79. The van der Waals surface area contributed by atoms with Crippen LogP contribution in [0.15, 0.2) is 24.4 Å². The highest BCUT2D eigenvalue weighted by Gasteiger charge is 2.51. The van der Waals surface area contributed by atoms with Crippen molar-refractivity contribution in [3.05, 3.63) is 24.4 Å². The van der Waals surface area contributed by atoms with Crippen LogP contribution in [-0.2, 0) is 4.79 Å². The van der Waals surface area contributed by atoms with Gasteiger partial charge in [0.25, 0.3) is 0 Å². The maximum Gasteiger partial charge on any atom is 0.232 e. The zero-order valence-corrected chi connectivity index (χ0v) is 13.1. The van der Waals surface area contributed by atoms with Crippen LogP contribution in [0, 0.1) is 0 Å². The summed E-state index contributed by atoms with van der Waals surface area (Å²) in [6.45, 7) is 1.75. The van der Waals surface area contributed by atoms with E-state index < -0.39 is 0 Å². The quantitative estimate of drug-likeness (QED) is 0.850. The highest BCUT2D eigenvalue weighted by molar-refractivity contribution is 8.01. The highest BCUT2D eigenvalue weighted by atomic mass is 32.2. The number of amides is 1. The highest BCUT2D eigenvalue weighted by Crippen LogP contribution is 2.46. The lowest BCUT2D eigenvalue weighted by atomic mass is 9.93. The van der Waals surface area contributed by atoms with Crippen LogP contribution in [-0.4, -0.2) is 57.5 Å². The van der Waals surface area contributed by atoms with Gasteiger partial charge in [-0.25, -0.2) is 4.98 Å². The Bertz CT molecular complexity index is 477. The molecule has 3 heterocycles. The molecule has 2 aliphatic heterocycles. The van der Waals surface area contributed by atoms with Gasteiger partial charge in [-0.05, 0) is 12.3 Å². The molecule has 4 nitrogen and oxygen atoms in total. The summed E-state index contributed by atoms with van der Waals surface area (Å²) >= 11 is 3.53. The van der Waals surface area contributed by atoms with Crippen molar-refractivity contribution < 1.29 is 9.53 Å². The minimum Gasteiger partial charge on any atom is -0.473 e. The van der Waals surface area contributed by atoms with Crippen LogP contribution in [0.2, 0.25) is 0 Å². The number of pyridine rings is 1. The summed E-state index contributed by atoms with van der Waals surface area (Å²) in [5, 5.41) is 0. The zero-order chi connectivity index (χ0) is 14.0. The maximum absolute atomic E-state index is 11.8. The van der Waals surface area contributed by atoms with Gasteiger partial charge >= 0.3 is 0 Å². The lowest BCUT2D eigenvalue weighted by Crippen LogP contribution is -2.61. The molecular weight excluding hydrogens is 292 g/mol. The van der Waals surface area contributed by atoms with E-state index in [-0.39, 0.29) is 16.8 Å². The number of hydrogen-bond acceptors (Lipinski definition) is 5. The average molecular weight is 310 g/mol. The molecule has 2 saturated heterocycles. The molecule has 2 aliphatic rings. The van der Waals surface area contributed by atoms with E-state index >= 15 is 0 Å². The first kappa shape index (κ1) is 14.1. The number of carbonyl (C=O) groups excluding carboxylic acids is 1. The van der Waals surface area contributed by atoms with Crippen molar-refractivity contribution in [2.45, 2.75) is 17.3 Å². The van der Waals surface area contributed by atoms with Gasteiger partial charge in [-0.2, -0.15) is 11.8 Å². The van der Waals surface area contributed by atoms with E-state index in [0.29, 0.717) is 11.6 Å². The van der Waals surface area contributed by atoms with Gasteiger partial charge in [0.2, 0.25) is 11.8 Å². The van der Waals surface area contributed by atoms with Crippen LogP contribution >= 0.6 is 23.5 Å². The maximum atomic E-state index is 11.8. The van der Waals surface area contributed by atoms with Gasteiger partial charge in [0.05, 0.1) is 10.5 Å². The molecule has 1 spiro atoms. The van der Waals surface area contributed by atoms with E-state index in [1.165, 1.54) is 0 Å². The number of likely N-dealkylation sites (tertiary alicyclic amines) is 1. The van der Waals surface area contributed by atoms with Crippen molar-refractivity contribution in [2.24, 2.45) is 0 Å². The predicted molar refractivity (Wildman–Crippen MR) is 83.4 cm³/mol. The lowest BCUT2D eigenvalue weighted by molar-refractivity contribution is -0.133. The van der Waals surface area contributed by atoms with Crippen molar-refractivity contribution in [3.63, 3.8) is 0 Å². The largest absolute Gasteiger partial charge is 0.473 e. The Balaban J connectivity index is 1.50. The molecule has 1 atom stereocenters. The fourth-order valence-corrected chi connectivity index (χ4v) is 4.68. The number of aromatic nitrogens is 1. The summed E-state index contributed by atoms with van der Waals surface area (Å²) in [4.78, 5) is 18.0. The Hall–Kier alpha value is -0.880. The second-order valence-corrected chi connectivity index (χ2v) is 7.64. The number of rotatable bonds is 4. The first-order valence-electron chi connectivity index (χ1n) is 6.69. The van der Waals surface area contributed by atoms with Crippen molar-refractivity contribution in [3.8, 4) is 5.88 Å². The van der Waals surface area contributed by atoms with E-state index in [1.54, 1.807) is 18.0 Å². The van der Waals surface area contributed by atoms with Crippen molar-refractivity contribution in [2.75, 3.05) is 30.9 Å². The molecule has 0 saturated carbocycles. The Morgan fingerprint density at radius 3 is 3.15 bits per heavy atom. The van der Waals surface area contributed by atoms with E-state index in [0.717, 1.165) is 25.3 Å². The molecule has 0 radical (unpaired) electrons. The number of hydrogen-bond donors (Lipinski definition) is 0. The number of carbonyl (C=O) groups is 1. The average Bonchev–Trinajstić information content (AvgIpc) is 2.83. The lowest BCUT2D eigenvalue weighted by Gasteiger charge is -2.47. The molecule has 1 amide bonds. The van der Waals surface area contributed by atoms with E-state index in [9.17, 15) is 4.79 Å². The molecule has 0 aliphatic carbocycles. The van der Waals surface area contributed by atoms with Crippen LogP contribution in [0.5, 0.6) is 5.88 Å². The van der Waals surface area contributed by atoms with Gasteiger partial charge in [-0.3, -0.25) is 4.79 Å². The third-order valence-electron chi connectivity index (χ3n) is 3.68. The van der Waals surface area contributed by atoms with Crippen LogP contribution in [0.25, 0.3) is 0 Å². The summed E-state index contributed by atoms with van der Waals surface area (Å²) in [5.41, 5.74) is 0. The van der Waals surface area contributed by atoms with Gasteiger partial charge in [0, 0.05) is 37.5 Å². The van der Waals surface area contributed by atoms with Crippen molar-refractivity contribution >= 4 is 29.4 Å². The minimum absolute atomic E-state index is 0.215. The number of thioether (sulfide) groups is 2. The fourth-order valence-electron chi connectivity index (χ4n) is 2.73. The van der Waals surface area contributed by atoms with Gasteiger partial charge in [0.15, 0.2) is 0 Å². The summed E-state index contributed by atoms with van der Waals surface area (Å²) in [7, 11) is 0. The van der Waals surface area contributed by atoms with E-state index in [1.807, 2.05) is 41.1 Å². The number of ether oxygens (including phenoxy) is 1. The Kier molecular flexibility index (Phi) is 4.12. The monoisotopic (exact) mass is 310 g/mol. The molecule has 0 unspecified atom stereocenters. The zero-order valence-electron chi connectivity index (χ0n) is 11.4. The second-order valence-electron chi connectivity index (χ2n) is 5.29. The van der Waals surface area contributed by atoms with Crippen LogP contribution in [0.3, 0.4) is 0 Å². The summed E-state index contributed by atoms with van der Waals surface area (Å²) in [5.74, 6) is 2.54. The molecular formula is C14H18N2O2S2. The standard InChI is InChI=1S/C14H18N2O2S2/c1-19-8-13(17)16-9-14(10-16)6-11(7-20-14)18-12-4-2-3-5-15-12/h2-5,11H,6-10H2,1H3/t11-/m0/s1. The Morgan fingerprint density at radius 2 is 2.45 bits per heavy atom. The summed E-state index contributed by atoms with van der Waals surface area (Å²) < 4.78 is 6.14. The van der Waals surface area contributed by atoms with Crippen LogP contribution < -0.4 is 4.74 Å². The topological polar surface area (TPSA) is 42.4 Å². The smallest absolute Gasteiger partial charge is 0.232 e.